The van der Waals surface area contributed by atoms with E-state index in [1.54, 1.807) is 0 Å². The summed E-state index contributed by atoms with van der Waals surface area (Å²) in [6.07, 6.45) is -0.751. The van der Waals surface area contributed by atoms with E-state index in [0.29, 0.717) is 79.3 Å². The van der Waals surface area contributed by atoms with Crippen LogP contribution in [-0.4, -0.2) is 143 Å². The fourth-order valence-corrected chi connectivity index (χ4v) is 2.82. The van der Waals surface area contributed by atoms with Crippen molar-refractivity contribution in [1.29, 1.82) is 5.41 Å². The normalized spacial score (nSPS) is 10.5. The summed E-state index contributed by atoms with van der Waals surface area (Å²) in [4.78, 5) is 40.6. The van der Waals surface area contributed by atoms with Gasteiger partial charge in [0.15, 0.2) is 5.90 Å². The maximum atomic E-state index is 11.8. The number of hydrogen-bond acceptors (Lipinski definition) is 16. The molecule has 0 amide bonds. The summed E-state index contributed by atoms with van der Waals surface area (Å²) in [5.74, 6) is -2.74. The van der Waals surface area contributed by atoms with Crippen molar-refractivity contribution in [1.82, 2.24) is 0 Å². The maximum Gasteiger partial charge on any atom is 0.315 e. The minimum Gasteiger partial charge on any atom is -0.412 e. The lowest BCUT2D eigenvalue weighted by Gasteiger charge is -2.08. The van der Waals surface area contributed by atoms with E-state index >= 15 is 0 Å². The van der Waals surface area contributed by atoms with Crippen molar-refractivity contribution in [3.05, 3.63) is 20.9 Å². The molecule has 0 atom stereocenters. The molecule has 20 nitrogen and oxygen atoms in total. The Morgan fingerprint density at radius 3 is 1.11 bits per heavy atom. The minimum absolute atomic E-state index is 0.0359. The van der Waals surface area contributed by atoms with Gasteiger partial charge in [-0.3, -0.25) is 19.8 Å². The van der Waals surface area contributed by atoms with Crippen LogP contribution < -0.4 is 0 Å². The summed E-state index contributed by atoms with van der Waals surface area (Å²) in [5, 5.41) is 14.3. The molecule has 0 heterocycles. The van der Waals surface area contributed by atoms with E-state index in [-0.39, 0.29) is 65.2 Å². The van der Waals surface area contributed by atoms with Crippen LogP contribution in [0.15, 0.2) is 10.2 Å². The monoisotopic (exact) mass is 663 g/mol. The Kier molecular flexibility index (Phi) is 31.9. The van der Waals surface area contributed by atoms with Crippen molar-refractivity contribution in [3.63, 3.8) is 0 Å². The number of azide groups is 2. The van der Waals surface area contributed by atoms with Crippen LogP contribution in [-0.2, 0) is 61.8 Å². The SMILES string of the molecule is [N-]=[N+]=NCCOCCOCCOCCOCCC(=O)OC(=N)CCC(=O)OC(=O)CCOCCOCCOCCOCCN=[N+]=[N-]. The van der Waals surface area contributed by atoms with E-state index < -0.39 is 23.8 Å². The fraction of sp³-hybridized carbons (Fsp3) is 0.846. The molecule has 46 heavy (non-hydrogen) atoms. The molecule has 0 aromatic rings. The van der Waals surface area contributed by atoms with E-state index in [0.717, 1.165) is 0 Å². The van der Waals surface area contributed by atoms with Gasteiger partial charge in [-0.05, 0) is 11.1 Å². The number of nitrogens with zero attached hydrogens (tertiary/aromatic N) is 6. The Morgan fingerprint density at radius 2 is 0.739 bits per heavy atom. The average molecular weight is 664 g/mol. The molecule has 0 saturated carbocycles. The molecule has 0 unspecified atom stereocenters. The smallest absolute Gasteiger partial charge is 0.315 e. The maximum absolute atomic E-state index is 11.8. The van der Waals surface area contributed by atoms with Gasteiger partial charge in [0.2, 0.25) is 0 Å². The molecule has 262 valence electrons. The Labute approximate surface area is 266 Å². The third kappa shape index (κ3) is 33.5. The van der Waals surface area contributed by atoms with Crippen molar-refractivity contribution in [3.8, 4) is 0 Å². The molecular weight excluding hydrogens is 618 g/mol. The van der Waals surface area contributed by atoms with Gasteiger partial charge in [-0.1, -0.05) is 10.2 Å². The zero-order chi connectivity index (χ0) is 33.8. The summed E-state index contributed by atoms with van der Waals surface area (Å²) in [6.45, 7) is 5.42. The second-order valence-electron chi connectivity index (χ2n) is 8.55. The molecule has 0 fully saturated rings. The highest BCUT2D eigenvalue weighted by Gasteiger charge is 2.14. The molecule has 0 radical (unpaired) electrons. The van der Waals surface area contributed by atoms with Crippen LogP contribution in [0, 0.1) is 5.41 Å². The molecule has 0 aromatic heterocycles. The van der Waals surface area contributed by atoms with Crippen molar-refractivity contribution in [2.75, 3.05) is 119 Å². The lowest BCUT2D eigenvalue weighted by Crippen LogP contribution is -2.18. The van der Waals surface area contributed by atoms with E-state index in [2.05, 4.69) is 24.8 Å². The van der Waals surface area contributed by atoms with Gasteiger partial charge in [-0.25, -0.2) is 0 Å². The molecule has 0 spiro atoms. The van der Waals surface area contributed by atoms with Crippen LogP contribution in [0.25, 0.3) is 20.9 Å². The van der Waals surface area contributed by atoms with Gasteiger partial charge in [0.25, 0.3) is 0 Å². The molecule has 0 aliphatic rings. The van der Waals surface area contributed by atoms with Crippen LogP contribution >= 0.6 is 0 Å². The van der Waals surface area contributed by atoms with E-state index in [1.807, 2.05) is 0 Å². The van der Waals surface area contributed by atoms with Crippen LogP contribution in [0.4, 0.5) is 0 Å². The van der Waals surface area contributed by atoms with Gasteiger partial charge in [0.1, 0.15) is 0 Å². The standard InChI is InChI=1S/C26H45N7O13/c27-23(45-25(35)3-7-37-11-15-41-19-21-43-17-13-39-9-5-30-32-28)1-2-24(34)46-26(36)4-8-38-12-16-42-20-22-44-18-14-40-10-6-31-33-29/h27H,1-22H2. The van der Waals surface area contributed by atoms with Crippen LogP contribution in [0.5, 0.6) is 0 Å². The lowest BCUT2D eigenvalue weighted by atomic mass is 10.3. The molecular formula is C26H45N7O13. The molecule has 0 aliphatic heterocycles. The minimum atomic E-state index is -0.848. The van der Waals surface area contributed by atoms with Gasteiger partial charge in [-0.15, -0.1) is 0 Å². The van der Waals surface area contributed by atoms with Gasteiger partial charge in [-0.2, -0.15) is 0 Å². The third-order valence-corrected chi connectivity index (χ3v) is 4.95. The fourth-order valence-electron chi connectivity index (χ4n) is 2.82. The van der Waals surface area contributed by atoms with Crippen LogP contribution in [0.2, 0.25) is 0 Å². The first-order valence-corrected chi connectivity index (χ1v) is 14.6. The zero-order valence-corrected chi connectivity index (χ0v) is 26.0. The largest absolute Gasteiger partial charge is 0.412 e. The number of ether oxygens (including phenoxy) is 10. The Bertz CT molecular complexity index is 845. The predicted molar refractivity (Wildman–Crippen MR) is 158 cm³/mol. The van der Waals surface area contributed by atoms with Gasteiger partial charge in [0, 0.05) is 29.3 Å². The highest BCUT2D eigenvalue weighted by Crippen LogP contribution is 2.00. The molecule has 20 heteroatoms. The molecule has 0 aliphatic carbocycles. The van der Waals surface area contributed by atoms with E-state index in [4.69, 9.17) is 59.1 Å². The van der Waals surface area contributed by atoms with E-state index in [1.165, 1.54) is 0 Å². The highest BCUT2D eigenvalue weighted by atomic mass is 16.6. The van der Waals surface area contributed by atoms with Crippen molar-refractivity contribution in [2.24, 2.45) is 10.2 Å². The molecule has 0 aromatic carbocycles. The third-order valence-electron chi connectivity index (χ3n) is 4.95. The first-order chi connectivity index (χ1) is 22.5. The molecule has 0 bridgehead atoms. The number of hydrogen-bond donors (Lipinski definition) is 1. The summed E-state index contributed by atoms with van der Waals surface area (Å²) in [5.41, 5.74) is 16.2. The number of nitrogens with one attached hydrogen (secondary N) is 1. The summed E-state index contributed by atoms with van der Waals surface area (Å²) in [6, 6.07) is 0. The average Bonchev–Trinajstić information content (AvgIpc) is 3.03. The Hall–Kier alpha value is -3.42. The molecule has 1 N–H and O–H groups in total. The first-order valence-electron chi connectivity index (χ1n) is 14.6. The second kappa shape index (κ2) is 34.5. The number of carbonyl (C=O) groups is 3. The summed E-state index contributed by atoms with van der Waals surface area (Å²) >= 11 is 0. The van der Waals surface area contributed by atoms with Crippen LogP contribution in [0.1, 0.15) is 25.7 Å². The number of esters is 3. The van der Waals surface area contributed by atoms with Crippen LogP contribution in [0.3, 0.4) is 0 Å². The topological polar surface area (TPSA) is 265 Å². The summed E-state index contributed by atoms with van der Waals surface area (Å²) < 4.78 is 51.6. The molecule has 0 rings (SSSR count). The Morgan fingerprint density at radius 1 is 0.435 bits per heavy atom. The molecule has 0 saturated heterocycles. The van der Waals surface area contributed by atoms with Gasteiger partial charge in [0.05, 0.1) is 125 Å². The highest BCUT2D eigenvalue weighted by molar-refractivity contribution is 5.90. The second-order valence-corrected chi connectivity index (χ2v) is 8.55. The number of carbonyl (C=O) groups excluding carboxylic acids is 3. The van der Waals surface area contributed by atoms with Crippen molar-refractivity contribution in [2.45, 2.75) is 25.7 Å². The predicted octanol–water partition coefficient (Wildman–Crippen LogP) is 1.89. The quantitative estimate of drug-likeness (QED) is 0.0154. The summed E-state index contributed by atoms with van der Waals surface area (Å²) in [7, 11) is 0. The van der Waals surface area contributed by atoms with Gasteiger partial charge >= 0.3 is 17.9 Å². The first kappa shape index (κ1) is 42.6. The van der Waals surface area contributed by atoms with Crippen molar-refractivity contribution >= 4 is 23.8 Å². The van der Waals surface area contributed by atoms with Gasteiger partial charge < -0.3 is 47.4 Å². The number of rotatable bonds is 33. The Balaban J connectivity index is 3.52. The van der Waals surface area contributed by atoms with Crippen molar-refractivity contribution < 1.29 is 61.8 Å². The lowest BCUT2D eigenvalue weighted by molar-refractivity contribution is -0.160. The van der Waals surface area contributed by atoms with E-state index in [9.17, 15) is 14.4 Å². The zero-order valence-electron chi connectivity index (χ0n) is 26.0.